The number of nitrogens with one attached hydrogen (secondary N) is 1. The van der Waals surface area contributed by atoms with E-state index in [1.807, 2.05) is 0 Å². The molecular formula is C13H23NO. The molecule has 0 spiro atoms. The molecule has 2 heteroatoms. The van der Waals surface area contributed by atoms with Crippen molar-refractivity contribution < 1.29 is 5.11 Å². The molecule has 0 heterocycles. The summed E-state index contributed by atoms with van der Waals surface area (Å²) in [5, 5.41) is 12.3. The third-order valence-electron chi connectivity index (χ3n) is 3.99. The SMILES string of the molecule is CCC1=CC2CCC(NCCO)C(C1)C2. The van der Waals surface area contributed by atoms with Crippen LogP contribution in [-0.4, -0.2) is 24.3 Å². The van der Waals surface area contributed by atoms with E-state index in [-0.39, 0.29) is 6.61 Å². The zero-order valence-electron chi connectivity index (χ0n) is 9.71. The van der Waals surface area contributed by atoms with E-state index in [0.29, 0.717) is 6.04 Å². The molecule has 2 bridgehead atoms. The first-order valence-electron chi connectivity index (χ1n) is 6.37. The van der Waals surface area contributed by atoms with Gasteiger partial charge in [-0.3, -0.25) is 0 Å². The van der Waals surface area contributed by atoms with Gasteiger partial charge < -0.3 is 10.4 Å². The summed E-state index contributed by atoms with van der Waals surface area (Å²) < 4.78 is 0. The summed E-state index contributed by atoms with van der Waals surface area (Å²) in [6.07, 6.45) is 9.03. The summed E-state index contributed by atoms with van der Waals surface area (Å²) in [6, 6.07) is 0.656. The van der Waals surface area contributed by atoms with Gasteiger partial charge in [0.1, 0.15) is 0 Å². The Hall–Kier alpha value is -0.340. The normalized spacial score (nSPS) is 35.1. The number of aliphatic hydroxyl groups is 1. The number of hydrogen-bond donors (Lipinski definition) is 2. The Balaban J connectivity index is 1.94. The van der Waals surface area contributed by atoms with Crippen LogP contribution in [0.1, 0.15) is 39.0 Å². The standard InChI is InChI=1S/C13H23NO/c1-2-10-7-11-3-4-13(14-5-6-15)12(8-10)9-11/h7,11-15H,2-6,8-9H2,1H3. The van der Waals surface area contributed by atoms with E-state index in [1.54, 1.807) is 5.57 Å². The van der Waals surface area contributed by atoms with Crippen molar-refractivity contribution in [2.75, 3.05) is 13.2 Å². The van der Waals surface area contributed by atoms with Crippen LogP contribution in [0.2, 0.25) is 0 Å². The smallest absolute Gasteiger partial charge is 0.0556 e. The Morgan fingerprint density at radius 3 is 3.07 bits per heavy atom. The van der Waals surface area contributed by atoms with Crippen LogP contribution in [0.3, 0.4) is 0 Å². The topological polar surface area (TPSA) is 32.3 Å². The molecule has 0 radical (unpaired) electrons. The predicted octanol–water partition coefficient (Wildman–Crippen LogP) is 2.09. The minimum absolute atomic E-state index is 0.267. The summed E-state index contributed by atoms with van der Waals surface area (Å²) in [5.74, 6) is 1.68. The monoisotopic (exact) mass is 209 g/mol. The van der Waals surface area contributed by atoms with Gasteiger partial charge in [-0.1, -0.05) is 18.6 Å². The summed E-state index contributed by atoms with van der Waals surface area (Å²) >= 11 is 0. The molecular weight excluding hydrogens is 186 g/mol. The molecule has 0 amide bonds. The van der Waals surface area contributed by atoms with E-state index in [9.17, 15) is 0 Å². The molecule has 0 aromatic heterocycles. The highest BCUT2D eigenvalue weighted by atomic mass is 16.3. The van der Waals surface area contributed by atoms with Crippen LogP contribution in [0.15, 0.2) is 11.6 Å². The summed E-state index contributed by atoms with van der Waals surface area (Å²) in [4.78, 5) is 0. The van der Waals surface area contributed by atoms with Crippen molar-refractivity contribution in [2.45, 2.75) is 45.1 Å². The zero-order valence-corrected chi connectivity index (χ0v) is 9.71. The highest BCUT2D eigenvalue weighted by Crippen LogP contribution is 2.39. The molecule has 3 atom stereocenters. The average Bonchev–Trinajstić information content (AvgIpc) is 2.28. The number of aliphatic hydroxyl groups excluding tert-OH is 1. The molecule has 1 saturated carbocycles. The number of fused-ring (bicyclic) bond motifs is 2. The Labute approximate surface area is 92.8 Å². The van der Waals surface area contributed by atoms with E-state index in [2.05, 4.69) is 18.3 Å². The summed E-state index contributed by atoms with van der Waals surface area (Å²) in [5.41, 5.74) is 1.66. The van der Waals surface area contributed by atoms with E-state index in [4.69, 9.17) is 5.11 Å². The van der Waals surface area contributed by atoms with Crippen molar-refractivity contribution in [3.8, 4) is 0 Å². The van der Waals surface area contributed by atoms with Crippen LogP contribution in [-0.2, 0) is 0 Å². The molecule has 0 saturated heterocycles. The van der Waals surface area contributed by atoms with Crippen molar-refractivity contribution in [3.63, 3.8) is 0 Å². The van der Waals surface area contributed by atoms with Gasteiger partial charge in [-0.2, -0.15) is 0 Å². The molecule has 2 aliphatic rings. The van der Waals surface area contributed by atoms with Crippen molar-refractivity contribution in [1.82, 2.24) is 5.32 Å². The van der Waals surface area contributed by atoms with Crippen LogP contribution in [0.25, 0.3) is 0 Å². The molecule has 2 nitrogen and oxygen atoms in total. The quantitative estimate of drug-likeness (QED) is 0.695. The van der Waals surface area contributed by atoms with Gasteiger partial charge in [0.15, 0.2) is 0 Å². The van der Waals surface area contributed by atoms with Gasteiger partial charge in [-0.15, -0.1) is 0 Å². The molecule has 86 valence electrons. The lowest BCUT2D eigenvalue weighted by molar-refractivity contribution is 0.197. The lowest BCUT2D eigenvalue weighted by Crippen LogP contribution is -2.43. The molecule has 15 heavy (non-hydrogen) atoms. The summed E-state index contributed by atoms with van der Waals surface area (Å²) in [7, 11) is 0. The average molecular weight is 209 g/mol. The first-order valence-corrected chi connectivity index (χ1v) is 6.37. The fourth-order valence-electron chi connectivity index (χ4n) is 3.20. The minimum atomic E-state index is 0.267. The number of hydrogen-bond acceptors (Lipinski definition) is 2. The van der Waals surface area contributed by atoms with E-state index in [1.165, 1.54) is 32.1 Å². The molecule has 2 aliphatic carbocycles. The van der Waals surface area contributed by atoms with Gasteiger partial charge in [0, 0.05) is 12.6 Å². The molecule has 2 N–H and O–H groups in total. The maximum Gasteiger partial charge on any atom is 0.0556 e. The Bertz CT molecular complexity index is 237. The second-order valence-corrected chi connectivity index (χ2v) is 5.00. The van der Waals surface area contributed by atoms with Crippen LogP contribution in [0.4, 0.5) is 0 Å². The fourth-order valence-corrected chi connectivity index (χ4v) is 3.20. The molecule has 2 rings (SSSR count). The molecule has 1 fully saturated rings. The molecule has 0 aromatic rings. The van der Waals surface area contributed by atoms with Crippen LogP contribution in [0, 0.1) is 11.8 Å². The van der Waals surface area contributed by atoms with Crippen LogP contribution in [0.5, 0.6) is 0 Å². The van der Waals surface area contributed by atoms with Gasteiger partial charge in [0.05, 0.1) is 6.61 Å². The van der Waals surface area contributed by atoms with Crippen molar-refractivity contribution in [1.29, 1.82) is 0 Å². The fraction of sp³-hybridized carbons (Fsp3) is 0.846. The lowest BCUT2D eigenvalue weighted by atomic mass is 9.70. The Morgan fingerprint density at radius 1 is 1.47 bits per heavy atom. The maximum absolute atomic E-state index is 8.85. The van der Waals surface area contributed by atoms with Crippen molar-refractivity contribution in [3.05, 3.63) is 11.6 Å². The van der Waals surface area contributed by atoms with Crippen molar-refractivity contribution in [2.24, 2.45) is 11.8 Å². The van der Waals surface area contributed by atoms with E-state index >= 15 is 0 Å². The molecule has 3 unspecified atom stereocenters. The maximum atomic E-state index is 8.85. The first-order chi connectivity index (χ1) is 7.33. The van der Waals surface area contributed by atoms with Crippen LogP contribution >= 0.6 is 0 Å². The van der Waals surface area contributed by atoms with Gasteiger partial charge in [0.2, 0.25) is 0 Å². The minimum Gasteiger partial charge on any atom is -0.395 e. The van der Waals surface area contributed by atoms with E-state index in [0.717, 1.165) is 18.4 Å². The van der Waals surface area contributed by atoms with Gasteiger partial charge >= 0.3 is 0 Å². The van der Waals surface area contributed by atoms with Gasteiger partial charge in [0.25, 0.3) is 0 Å². The van der Waals surface area contributed by atoms with Gasteiger partial charge in [-0.05, 0) is 43.9 Å². The second kappa shape index (κ2) is 5.13. The number of allylic oxidation sites excluding steroid dienone is 2. The van der Waals surface area contributed by atoms with Gasteiger partial charge in [-0.25, -0.2) is 0 Å². The molecule has 0 aliphatic heterocycles. The molecule has 0 aromatic carbocycles. The third kappa shape index (κ3) is 2.61. The summed E-state index contributed by atoms with van der Waals surface area (Å²) in [6.45, 7) is 3.29. The third-order valence-corrected chi connectivity index (χ3v) is 3.99. The lowest BCUT2D eigenvalue weighted by Gasteiger charge is -2.40. The Kier molecular flexibility index (Phi) is 3.81. The second-order valence-electron chi connectivity index (χ2n) is 5.00. The largest absolute Gasteiger partial charge is 0.395 e. The zero-order chi connectivity index (χ0) is 10.7. The van der Waals surface area contributed by atoms with Crippen LogP contribution < -0.4 is 5.32 Å². The van der Waals surface area contributed by atoms with Crippen molar-refractivity contribution >= 4 is 0 Å². The van der Waals surface area contributed by atoms with E-state index < -0.39 is 0 Å². The Morgan fingerprint density at radius 2 is 2.33 bits per heavy atom. The highest BCUT2D eigenvalue weighted by Gasteiger charge is 2.32. The highest BCUT2D eigenvalue weighted by molar-refractivity contribution is 5.12. The predicted molar refractivity (Wildman–Crippen MR) is 62.7 cm³/mol. The number of rotatable bonds is 4. The first kappa shape index (κ1) is 11.2.